The maximum atomic E-state index is 5.25. The molecule has 0 aromatic rings. The number of nitrogens with one attached hydrogen (secondary N) is 1. The Hall–Kier alpha value is 0.420. The van der Waals surface area contributed by atoms with E-state index in [1.807, 2.05) is 0 Å². The zero-order valence-corrected chi connectivity index (χ0v) is 7.75. The fraction of sp³-hybridized carbons (Fsp3) is 1.00. The van der Waals surface area contributed by atoms with Crippen molar-refractivity contribution in [3.8, 4) is 0 Å². The molecule has 0 bridgehead atoms. The largest absolute Gasteiger partial charge is 0.373 e. The molecule has 6 heteroatoms. The zero-order valence-electron chi connectivity index (χ0n) is 6.12. The number of halogens is 2. The highest BCUT2D eigenvalue weighted by atomic mass is 35.5. The average Bonchev–Trinajstić information content (AvgIpc) is 1.91. The molecule has 1 rings (SSSR count). The molecular weight excluding hydrogens is 191 g/mol. The molecular formula is C5H14Cl2N2O2. The normalized spacial score (nSPS) is 23.2. The van der Waals surface area contributed by atoms with Crippen molar-refractivity contribution in [1.29, 1.82) is 0 Å². The maximum Gasteiger partial charge on any atom is 0.0953 e. The number of nitrogens with two attached hydrogens (primary N) is 1. The average molecular weight is 205 g/mol. The van der Waals surface area contributed by atoms with E-state index in [0.29, 0.717) is 6.61 Å². The van der Waals surface area contributed by atoms with E-state index in [0.717, 1.165) is 19.7 Å². The molecule has 0 amide bonds. The Morgan fingerprint density at radius 3 is 2.73 bits per heavy atom. The Morgan fingerprint density at radius 2 is 2.27 bits per heavy atom. The lowest BCUT2D eigenvalue weighted by Crippen LogP contribution is -2.41. The summed E-state index contributed by atoms with van der Waals surface area (Å²) in [7, 11) is 0. The summed E-state index contributed by atoms with van der Waals surface area (Å²) in [5.41, 5.74) is 0. The summed E-state index contributed by atoms with van der Waals surface area (Å²) < 4.78 is 5.25. The molecule has 1 unspecified atom stereocenters. The molecule has 0 aromatic heterocycles. The van der Waals surface area contributed by atoms with Gasteiger partial charge in [0, 0.05) is 13.1 Å². The Bertz CT molecular complexity index is 78.1. The van der Waals surface area contributed by atoms with E-state index in [4.69, 9.17) is 10.6 Å². The molecule has 1 aliphatic heterocycles. The number of rotatable bonds is 2. The summed E-state index contributed by atoms with van der Waals surface area (Å²) >= 11 is 0. The summed E-state index contributed by atoms with van der Waals surface area (Å²) in [6.07, 6.45) is 0.142. The first-order valence-corrected chi connectivity index (χ1v) is 3.07. The molecule has 0 radical (unpaired) electrons. The van der Waals surface area contributed by atoms with Gasteiger partial charge in [-0.05, 0) is 0 Å². The van der Waals surface area contributed by atoms with E-state index in [1.54, 1.807) is 0 Å². The van der Waals surface area contributed by atoms with E-state index >= 15 is 0 Å². The van der Waals surface area contributed by atoms with Gasteiger partial charge in [-0.2, -0.15) is 0 Å². The van der Waals surface area contributed by atoms with Gasteiger partial charge in [0.05, 0.1) is 19.3 Å². The van der Waals surface area contributed by atoms with Crippen LogP contribution in [-0.2, 0) is 9.57 Å². The first-order chi connectivity index (χ1) is 4.43. The molecule has 0 aromatic carbocycles. The van der Waals surface area contributed by atoms with Crippen molar-refractivity contribution in [3.05, 3.63) is 0 Å². The second kappa shape index (κ2) is 8.52. The van der Waals surface area contributed by atoms with Crippen LogP contribution in [0.1, 0.15) is 0 Å². The van der Waals surface area contributed by atoms with Crippen molar-refractivity contribution in [2.24, 2.45) is 5.90 Å². The van der Waals surface area contributed by atoms with Crippen molar-refractivity contribution in [1.82, 2.24) is 5.32 Å². The molecule has 0 spiro atoms. The van der Waals surface area contributed by atoms with Gasteiger partial charge in [-0.1, -0.05) is 0 Å². The standard InChI is InChI=1S/C5H12N2O2.2ClH/c6-9-4-5-3-7-1-2-8-5;;/h5,7H,1-4,6H2;2*1H. The van der Waals surface area contributed by atoms with Crippen LogP contribution >= 0.6 is 24.8 Å². The Balaban J connectivity index is 0. The lowest BCUT2D eigenvalue weighted by Gasteiger charge is -2.22. The van der Waals surface area contributed by atoms with Crippen molar-refractivity contribution >= 4 is 24.8 Å². The molecule has 0 aliphatic carbocycles. The highest BCUT2D eigenvalue weighted by molar-refractivity contribution is 5.85. The fourth-order valence-electron chi connectivity index (χ4n) is 0.834. The summed E-state index contributed by atoms with van der Waals surface area (Å²) in [6, 6.07) is 0. The summed E-state index contributed by atoms with van der Waals surface area (Å²) in [6.45, 7) is 3.01. The molecule has 0 saturated carbocycles. The second-order valence-electron chi connectivity index (χ2n) is 2.03. The monoisotopic (exact) mass is 204 g/mol. The van der Waals surface area contributed by atoms with Gasteiger partial charge in [-0.25, -0.2) is 5.90 Å². The van der Waals surface area contributed by atoms with Crippen LogP contribution in [-0.4, -0.2) is 32.4 Å². The summed E-state index contributed by atoms with van der Waals surface area (Å²) in [5.74, 6) is 4.85. The highest BCUT2D eigenvalue weighted by Crippen LogP contribution is 1.93. The molecule has 1 heterocycles. The minimum atomic E-state index is 0. The topological polar surface area (TPSA) is 56.5 Å². The van der Waals surface area contributed by atoms with E-state index < -0.39 is 0 Å². The lowest BCUT2D eigenvalue weighted by atomic mass is 10.3. The van der Waals surface area contributed by atoms with Crippen LogP contribution in [0.3, 0.4) is 0 Å². The van der Waals surface area contributed by atoms with Crippen LogP contribution in [0.2, 0.25) is 0 Å². The highest BCUT2D eigenvalue weighted by Gasteiger charge is 2.11. The second-order valence-corrected chi connectivity index (χ2v) is 2.03. The Labute approximate surface area is 78.6 Å². The quantitative estimate of drug-likeness (QED) is 0.608. The third-order valence-electron chi connectivity index (χ3n) is 1.29. The molecule has 11 heavy (non-hydrogen) atoms. The molecule has 70 valence electrons. The zero-order chi connectivity index (χ0) is 6.53. The number of hydrogen-bond acceptors (Lipinski definition) is 4. The Kier molecular flexibility index (Phi) is 10.8. The van der Waals surface area contributed by atoms with Crippen LogP contribution in [0.25, 0.3) is 0 Å². The van der Waals surface area contributed by atoms with Crippen LogP contribution < -0.4 is 11.2 Å². The first-order valence-electron chi connectivity index (χ1n) is 3.07. The van der Waals surface area contributed by atoms with E-state index in [-0.39, 0.29) is 30.9 Å². The van der Waals surface area contributed by atoms with E-state index in [9.17, 15) is 0 Å². The van der Waals surface area contributed by atoms with Crippen molar-refractivity contribution < 1.29 is 9.57 Å². The van der Waals surface area contributed by atoms with Gasteiger partial charge in [0.2, 0.25) is 0 Å². The molecule has 3 N–H and O–H groups in total. The van der Waals surface area contributed by atoms with Gasteiger partial charge < -0.3 is 14.9 Å². The predicted molar refractivity (Wildman–Crippen MR) is 47.2 cm³/mol. The molecule has 1 fully saturated rings. The minimum absolute atomic E-state index is 0. The van der Waals surface area contributed by atoms with Crippen LogP contribution in [0.4, 0.5) is 0 Å². The van der Waals surface area contributed by atoms with Crippen LogP contribution in [0.5, 0.6) is 0 Å². The predicted octanol–water partition coefficient (Wildman–Crippen LogP) is -0.291. The van der Waals surface area contributed by atoms with Crippen LogP contribution in [0, 0.1) is 0 Å². The lowest BCUT2D eigenvalue weighted by molar-refractivity contribution is -0.0320. The maximum absolute atomic E-state index is 5.25. The third kappa shape index (κ3) is 5.66. The van der Waals surface area contributed by atoms with Gasteiger partial charge in [0.1, 0.15) is 0 Å². The van der Waals surface area contributed by atoms with Crippen molar-refractivity contribution in [2.75, 3.05) is 26.3 Å². The van der Waals surface area contributed by atoms with Crippen LogP contribution in [0.15, 0.2) is 0 Å². The first kappa shape index (κ1) is 14.0. The number of morpholine rings is 1. The smallest absolute Gasteiger partial charge is 0.0953 e. The van der Waals surface area contributed by atoms with Gasteiger partial charge in [0.25, 0.3) is 0 Å². The molecule has 1 atom stereocenters. The Morgan fingerprint density at radius 1 is 1.55 bits per heavy atom. The number of hydrogen-bond donors (Lipinski definition) is 2. The number of ether oxygens (including phenoxy) is 1. The van der Waals surface area contributed by atoms with Gasteiger partial charge in [-0.3, -0.25) is 0 Å². The fourth-order valence-corrected chi connectivity index (χ4v) is 0.834. The minimum Gasteiger partial charge on any atom is -0.373 e. The van der Waals surface area contributed by atoms with Gasteiger partial charge in [-0.15, -0.1) is 24.8 Å². The van der Waals surface area contributed by atoms with Crippen molar-refractivity contribution in [3.63, 3.8) is 0 Å². The van der Waals surface area contributed by atoms with E-state index in [2.05, 4.69) is 10.2 Å². The van der Waals surface area contributed by atoms with Gasteiger partial charge in [0.15, 0.2) is 0 Å². The van der Waals surface area contributed by atoms with Crippen molar-refractivity contribution in [2.45, 2.75) is 6.10 Å². The molecule has 1 aliphatic rings. The van der Waals surface area contributed by atoms with Gasteiger partial charge >= 0.3 is 0 Å². The van der Waals surface area contributed by atoms with E-state index in [1.165, 1.54) is 0 Å². The SMILES string of the molecule is Cl.Cl.NOCC1CNCCO1. The summed E-state index contributed by atoms with van der Waals surface area (Å²) in [4.78, 5) is 4.42. The third-order valence-corrected chi connectivity index (χ3v) is 1.29. The summed E-state index contributed by atoms with van der Waals surface area (Å²) in [5, 5.41) is 3.16. The molecule has 4 nitrogen and oxygen atoms in total. The molecule has 1 saturated heterocycles.